The molecule has 142 valence electrons. The summed E-state index contributed by atoms with van der Waals surface area (Å²) >= 11 is 3.48. The third kappa shape index (κ3) is 7.06. The van der Waals surface area contributed by atoms with Gasteiger partial charge in [0.1, 0.15) is 0 Å². The summed E-state index contributed by atoms with van der Waals surface area (Å²) in [7, 11) is 0. The first-order valence-corrected chi connectivity index (χ1v) is 9.48. The molecule has 1 aromatic carbocycles. The minimum atomic E-state index is 0. The maximum atomic E-state index is 12.3. The lowest BCUT2D eigenvalue weighted by molar-refractivity contribution is -0.126. The van der Waals surface area contributed by atoms with E-state index in [1.54, 1.807) is 0 Å². The molecule has 0 aromatic heterocycles. The number of carbonyl (C=O) groups excluding carboxylic acids is 1. The van der Waals surface area contributed by atoms with Crippen molar-refractivity contribution in [2.24, 2.45) is 5.92 Å². The Hall–Kier alpha value is -0.330. The fraction of sp³-hybridized carbons (Fsp3) is 0.611. The standard InChI is InChI=1S/C18H26BrN3O.2ClH/c19-16-5-3-14(4-6-16)13-22-10-7-17(8-11-22)21-18(23)15-2-1-9-20-12-15;;/h3-6,15,17,20H,1-2,7-13H2,(H,21,23);2*1H. The van der Waals surface area contributed by atoms with Crippen LogP contribution in [0.3, 0.4) is 0 Å². The molecule has 1 aromatic rings. The second-order valence-corrected chi connectivity index (χ2v) is 7.64. The predicted octanol–water partition coefficient (Wildman–Crippen LogP) is 3.37. The molecule has 2 N–H and O–H groups in total. The average molecular weight is 453 g/mol. The lowest BCUT2D eigenvalue weighted by atomic mass is 9.97. The van der Waals surface area contributed by atoms with Crippen molar-refractivity contribution in [3.05, 3.63) is 34.3 Å². The van der Waals surface area contributed by atoms with Crippen molar-refractivity contribution >= 4 is 46.7 Å². The maximum absolute atomic E-state index is 12.3. The zero-order valence-electron chi connectivity index (χ0n) is 14.4. The van der Waals surface area contributed by atoms with Gasteiger partial charge in [-0.25, -0.2) is 0 Å². The molecule has 2 saturated heterocycles. The molecule has 0 aliphatic carbocycles. The summed E-state index contributed by atoms with van der Waals surface area (Å²) in [5, 5.41) is 6.59. The molecular weight excluding hydrogens is 425 g/mol. The van der Waals surface area contributed by atoms with Gasteiger partial charge in [-0.05, 0) is 49.9 Å². The van der Waals surface area contributed by atoms with Crippen molar-refractivity contribution in [1.82, 2.24) is 15.5 Å². The van der Waals surface area contributed by atoms with Crippen LogP contribution in [0.4, 0.5) is 0 Å². The average Bonchev–Trinajstić information content (AvgIpc) is 2.59. The number of piperidine rings is 2. The highest BCUT2D eigenvalue weighted by atomic mass is 79.9. The lowest BCUT2D eigenvalue weighted by Gasteiger charge is -2.33. The minimum Gasteiger partial charge on any atom is -0.353 e. The fourth-order valence-corrected chi connectivity index (χ4v) is 3.74. The molecule has 0 bridgehead atoms. The largest absolute Gasteiger partial charge is 0.353 e. The van der Waals surface area contributed by atoms with Gasteiger partial charge in [-0.15, -0.1) is 24.8 Å². The quantitative estimate of drug-likeness (QED) is 0.735. The highest BCUT2D eigenvalue weighted by Gasteiger charge is 2.25. The second-order valence-electron chi connectivity index (χ2n) is 6.73. The number of likely N-dealkylation sites (tertiary alicyclic amines) is 1. The zero-order valence-corrected chi connectivity index (χ0v) is 17.6. The summed E-state index contributed by atoms with van der Waals surface area (Å²) in [5.74, 6) is 0.424. The highest BCUT2D eigenvalue weighted by molar-refractivity contribution is 9.10. The molecular formula is C18H28BrCl2N3O. The van der Waals surface area contributed by atoms with Crippen LogP contribution in [-0.2, 0) is 11.3 Å². The number of nitrogens with one attached hydrogen (secondary N) is 2. The number of halogens is 3. The van der Waals surface area contributed by atoms with E-state index in [2.05, 4.69) is 55.7 Å². The van der Waals surface area contributed by atoms with Crippen LogP contribution in [0.5, 0.6) is 0 Å². The van der Waals surface area contributed by atoms with E-state index < -0.39 is 0 Å². The minimum absolute atomic E-state index is 0. The number of carbonyl (C=O) groups is 1. The third-order valence-electron chi connectivity index (χ3n) is 4.92. The monoisotopic (exact) mass is 451 g/mol. The number of benzene rings is 1. The molecule has 25 heavy (non-hydrogen) atoms. The van der Waals surface area contributed by atoms with Gasteiger partial charge in [-0.2, -0.15) is 0 Å². The van der Waals surface area contributed by atoms with Gasteiger partial charge < -0.3 is 10.6 Å². The molecule has 2 heterocycles. The molecule has 2 aliphatic rings. The number of hydrogen-bond acceptors (Lipinski definition) is 3. The summed E-state index contributed by atoms with van der Waals surface area (Å²) in [6.07, 6.45) is 4.26. The summed E-state index contributed by atoms with van der Waals surface area (Å²) in [4.78, 5) is 14.8. The van der Waals surface area contributed by atoms with E-state index in [0.29, 0.717) is 6.04 Å². The Morgan fingerprint density at radius 3 is 2.44 bits per heavy atom. The van der Waals surface area contributed by atoms with Crippen LogP contribution in [0.15, 0.2) is 28.7 Å². The maximum Gasteiger partial charge on any atom is 0.224 e. The van der Waals surface area contributed by atoms with E-state index >= 15 is 0 Å². The molecule has 2 aliphatic heterocycles. The van der Waals surface area contributed by atoms with Gasteiger partial charge in [0.15, 0.2) is 0 Å². The van der Waals surface area contributed by atoms with Crippen LogP contribution in [0.1, 0.15) is 31.2 Å². The molecule has 1 amide bonds. The molecule has 0 radical (unpaired) electrons. The summed E-state index contributed by atoms with van der Waals surface area (Å²) in [5.41, 5.74) is 1.35. The van der Waals surface area contributed by atoms with Crippen molar-refractivity contribution in [3.8, 4) is 0 Å². The highest BCUT2D eigenvalue weighted by Crippen LogP contribution is 2.17. The predicted molar refractivity (Wildman–Crippen MR) is 111 cm³/mol. The molecule has 0 spiro atoms. The zero-order chi connectivity index (χ0) is 16.1. The van der Waals surface area contributed by atoms with Crippen molar-refractivity contribution in [2.75, 3.05) is 26.2 Å². The Balaban J connectivity index is 0.00000156. The Bertz CT molecular complexity index is 516. The molecule has 2 fully saturated rings. The van der Waals surface area contributed by atoms with Gasteiger partial charge in [-0.3, -0.25) is 9.69 Å². The number of nitrogens with zero attached hydrogens (tertiary/aromatic N) is 1. The van der Waals surface area contributed by atoms with Crippen molar-refractivity contribution in [2.45, 2.75) is 38.3 Å². The van der Waals surface area contributed by atoms with Gasteiger partial charge >= 0.3 is 0 Å². The van der Waals surface area contributed by atoms with Gasteiger partial charge in [0.2, 0.25) is 5.91 Å². The Kier molecular flexibility index (Phi) is 10.4. The molecule has 7 heteroatoms. The molecule has 4 nitrogen and oxygen atoms in total. The van der Waals surface area contributed by atoms with Gasteiger partial charge in [0, 0.05) is 36.7 Å². The Morgan fingerprint density at radius 1 is 1.16 bits per heavy atom. The van der Waals surface area contributed by atoms with Crippen LogP contribution < -0.4 is 10.6 Å². The van der Waals surface area contributed by atoms with Crippen LogP contribution in [-0.4, -0.2) is 43.0 Å². The molecule has 1 unspecified atom stereocenters. The topological polar surface area (TPSA) is 44.4 Å². The normalized spacial score (nSPS) is 21.7. The smallest absolute Gasteiger partial charge is 0.224 e. The Labute approximate surface area is 171 Å². The van der Waals surface area contributed by atoms with E-state index in [-0.39, 0.29) is 36.6 Å². The van der Waals surface area contributed by atoms with Gasteiger partial charge in [-0.1, -0.05) is 28.1 Å². The summed E-state index contributed by atoms with van der Waals surface area (Å²) < 4.78 is 1.12. The van der Waals surface area contributed by atoms with E-state index in [1.807, 2.05) is 0 Å². The molecule has 0 saturated carbocycles. The number of amides is 1. The van der Waals surface area contributed by atoms with Crippen molar-refractivity contribution in [1.29, 1.82) is 0 Å². The van der Waals surface area contributed by atoms with Crippen LogP contribution >= 0.6 is 40.7 Å². The van der Waals surface area contributed by atoms with Crippen LogP contribution in [0.2, 0.25) is 0 Å². The number of hydrogen-bond donors (Lipinski definition) is 2. The SMILES string of the molecule is Cl.Cl.O=C(NC1CCN(Cc2ccc(Br)cc2)CC1)C1CCCNC1. The van der Waals surface area contributed by atoms with E-state index in [0.717, 1.165) is 62.9 Å². The third-order valence-corrected chi connectivity index (χ3v) is 5.45. The van der Waals surface area contributed by atoms with Crippen LogP contribution in [0, 0.1) is 5.92 Å². The first kappa shape index (κ1) is 22.7. The van der Waals surface area contributed by atoms with Crippen LogP contribution in [0.25, 0.3) is 0 Å². The number of rotatable bonds is 4. The van der Waals surface area contributed by atoms with E-state index in [4.69, 9.17) is 0 Å². The first-order chi connectivity index (χ1) is 11.2. The second kappa shape index (κ2) is 11.4. The van der Waals surface area contributed by atoms with E-state index in [1.165, 1.54) is 5.56 Å². The van der Waals surface area contributed by atoms with E-state index in [9.17, 15) is 4.79 Å². The summed E-state index contributed by atoms with van der Waals surface area (Å²) in [6.45, 7) is 5.01. The molecule has 1 atom stereocenters. The van der Waals surface area contributed by atoms with Gasteiger partial charge in [0.25, 0.3) is 0 Å². The van der Waals surface area contributed by atoms with Crippen molar-refractivity contribution in [3.63, 3.8) is 0 Å². The molecule has 3 rings (SSSR count). The van der Waals surface area contributed by atoms with Gasteiger partial charge in [0.05, 0.1) is 5.92 Å². The first-order valence-electron chi connectivity index (χ1n) is 8.68. The summed E-state index contributed by atoms with van der Waals surface area (Å²) in [6, 6.07) is 8.90. The lowest BCUT2D eigenvalue weighted by Crippen LogP contribution is -2.48. The fourth-order valence-electron chi connectivity index (χ4n) is 3.48. The van der Waals surface area contributed by atoms with Crippen molar-refractivity contribution < 1.29 is 4.79 Å². The Morgan fingerprint density at radius 2 is 1.84 bits per heavy atom.